The first-order valence-electron chi connectivity index (χ1n) is 45.3. The van der Waals surface area contributed by atoms with Gasteiger partial charge in [-0.15, -0.1) is 85.8 Å². The fourth-order valence-corrected chi connectivity index (χ4v) is 49.6. The second-order valence-electron chi connectivity index (χ2n) is 47.3. The Morgan fingerprint density at radius 2 is 0.514 bits per heavy atom. The van der Waals surface area contributed by atoms with E-state index in [9.17, 15) is 0 Å². The lowest BCUT2D eigenvalue weighted by Crippen LogP contribution is -2.50. The van der Waals surface area contributed by atoms with Crippen molar-refractivity contribution in [3.05, 3.63) is 12.2 Å². The monoisotopic (exact) mass is 1640 g/mol. The summed E-state index contributed by atoms with van der Waals surface area (Å²) in [5, 5.41) is 13.9. The summed E-state index contributed by atoms with van der Waals surface area (Å²) in [5.41, 5.74) is 0. The van der Waals surface area contributed by atoms with E-state index in [1.807, 2.05) is 0 Å². The first-order valence-corrected chi connectivity index (χ1v) is 55.3. The predicted molar refractivity (Wildman–Crippen MR) is 515 cm³/mol. The highest BCUT2D eigenvalue weighted by molar-refractivity contribution is 7.45. The van der Waals surface area contributed by atoms with Gasteiger partial charge in [0.05, 0.1) is 0 Å². The van der Waals surface area contributed by atoms with Gasteiger partial charge in [-0.25, -0.2) is 0 Å². The maximum absolute atomic E-state index is 2.49. The smallest absolute Gasteiger partial charge is 0.00362 e. The van der Waals surface area contributed by atoms with Gasteiger partial charge in [-0.1, -0.05) is 305 Å². The Balaban J connectivity index is 0.000000184. The molecule has 15 rings (SSSR count). The summed E-state index contributed by atoms with van der Waals surface area (Å²) in [6.45, 7) is 79.6. The van der Waals surface area contributed by atoms with Crippen molar-refractivity contribution in [1.82, 2.24) is 0 Å². The average molecular weight is 1640 g/mol. The normalized spacial score (nSPS) is 37.5. The first-order chi connectivity index (χ1) is 47.7. The maximum atomic E-state index is 2.49. The second kappa shape index (κ2) is 37.4. The molecule has 3 saturated carbocycles. The van der Waals surface area contributed by atoms with Crippen LogP contribution in [0.2, 0.25) is 0 Å². The number of hydrogen-bond acceptors (Lipinski definition) is 0. The molecule has 3 aliphatic carbocycles. The molecule has 0 N–H and O–H groups in total. The largest absolute Gasteiger partial charge is 0.110 e. The van der Waals surface area contributed by atoms with E-state index in [0.717, 1.165) is 91.6 Å². The molecule has 14 fully saturated rings. The van der Waals surface area contributed by atoms with Crippen molar-refractivity contribution in [2.24, 2.45) is 17.8 Å². The predicted octanol–water partition coefficient (Wildman–Crippen LogP) is 34.1. The van der Waals surface area contributed by atoms with Crippen molar-refractivity contribution in [3.8, 4) is 0 Å². The van der Waals surface area contributed by atoms with Crippen LogP contribution in [0.4, 0.5) is 0 Å². The summed E-state index contributed by atoms with van der Waals surface area (Å²) in [4.78, 5) is 0. The zero-order valence-corrected chi connectivity index (χ0v) is 87.0. The zero-order chi connectivity index (χ0) is 79.4. The van der Waals surface area contributed by atoms with Gasteiger partial charge in [0.25, 0.3) is 0 Å². The van der Waals surface area contributed by atoms with Gasteiger partial charge in [-0.3, -0.25) is 0 Å². The fraction of sp³-hybridized carbons (Fsp3) is 0.979. The Hall–Kier alpha value is 4.04. The summed E-state index contributed by atoms with van der Waals surface area (Å²) in [7, 11) is 12.0. The van der Waals surface area contributed by atoms with E-state index < -0.39 is 0 Å². The Labute approximate surface area is 679 Å². The number of fused-ring (bicyclic) bond motifs is 5. The van der Waals surface area contributed by atoms with E-state index >= 15 is 0 Å². The van der Waals surface area contributed by atoms with Crippen LogP contribution in [0.15, 0.2) is 12.2 Å². The van der Waals surface area contributed by atoms with Gasteiger partial charge in [-0.05, 0) is 284 Å². The molecule has 0 radical (unpaired) electrons. The summed E-state index contributed by atoms with van der Waals surface area (Å²) in [6.07, 6.45) is 59.9. The van der Waals surface area contributed by atoms with Crippen LogP contribution in [0.1, 0.15) is 466 Å². The molecule has 2 spiro atoms. The molecule has 618 valence electrons. The van der Waals surface area contributed by atoms with E-state index in [2.05, 4.69) is 241 Å². The average Bonchev–Trinajstić information content (AvgIpc) is 1.37. The van der Waals surface area contributed by atoms with Crippen LogP contribution in [0.5, 0.6) is 0 Å². The first kappa shape index (κ1) is 97.9. The highest BCUT2D eigenvalue weighted by atomic mass is 31.1. The van der Waals surface area contributed by atoms with Crippen molar-refractivity contribution >= 4 is 85.8 Å². The van der Waals surface area contributed by atoms with Gasteiger partial charge in [0.2, 0.25) is 0 Å². The minimum atomic E-state index is 0.615. The minimum absolute atomic E-state index is 0.615. The second-order valence-corrected chi connectivity index (χ2v) is 74.7. The lowest BCUT2D eigenvalue weighted by atomic mass is 9.80. The lowest BCUT2D eigenvalue weighted by Gasteiger charge is -2.56. The van der Waals surface area contributed by atoms with E-state index in [0.29, 0.717) is 72.2 Å². The van der Waals surface area contributed by atoms with Crippen LogP contribution in [0.3, 0.4) is 0 Å². The van der Waals surface area contributed by atoms with E-state index in [-0.39, 0.29) is 0 Å². The third-order valence-corrected chi connectivity index (χ3v) is 51.6. The highest BCUT2D eigenvalue weighted by Crippen LogP contribution is 2.70. The van der Waals surface area contributed by atoms with E-state index in [1.54, 1.807) is 64.2 Å². The van der Waals surface area contributed by atoms with Crippen LogP contribution in [0, 0.1) is 17.8 Å². The quantitative estimate of drug-likeness (QED) is 0.194. The third kappa shape index (κ3) is 29.8. The van der Waals surface area contributed by atoms with Gasteiger partial charge in [0.15, 0.2) is 0 Å². The highest BCUT2D eigenvalue weighted by Gasteiger charge is 2.55. The van der Waals surface area contributed by atoms with Crippen molar-refractivity contribution in [3.63, 3.8) is 0 Å². The molecule has 0 aromatic heterocycles. The summed E-state index contributed by atoms with van der Waals surface area (Å²) >= 11 is 0. The maximum Gasteiger partial charge on any atom is 0.00362 e. The summed E-state index contributed by atoms with van der Waals surface area (Å²) in [6, 6.07) is 0. The molecule has 4 atom stereocenters. The Bertz CT molecular complexity index is 2480. The van der Waals surface area contributed by atoms with Crippen molar-refractivity contribution in [2.45, 2.75) is 569 Å². The van der Waals surface area contributed by atoms with Crippen molar-refractivity contribution in [2.75, 3.05) is 0 Å². The van der Waals surface area contributed by atoms with Crippen LogP contribution >= 0.6 is 85.8 Å². The molecule has 0 aromatic carbocycles. The van der Waals surface area contributed by atoms with Gasteiger partial charge in [0, 0.05) is 10.3 Å². The summed E-state index contributed by atoms with van der Waals surface area (Å²) in [5.74, 6) is 3.00. The van der Waals surface area contributed by atoms with Crippen LogP contribution in [-0.2, 0) is 0 Å². The SMILES string of the molecule is C1CCC2(C1)CCC1(CCCC1)P2.CC1(C)CC(C)(C)P1.CC1(C)CCC(C)(C)P1.CC1(C)CCCCC(C)(C)P1.CC1(C)CCCCCC(C)(C)P1.CC1(C)PC(C)(C)C2CCCC21.CC12C=CC(C)(CC1)P2.CC12CCC(C)(CC1)P2.CC1C(C)(C)PC1(C)C.CCC1(CC)CCC(CC)(CC)P1. The molecule has 10 heteroatoms. The Morgan fingerprint density at radius 3 is 0.705 bits per heavy atom. The van der Waals surface area contributed by atoms with Gasteiger partial charge < -0.3 is 0 Å². The Kier molecular flexibility index (Phi) is 34.8. The Morgan fingerprint density at radius 1 is 0.238 bits per heavy atom. The number of rotatable bonds is 4. The molecule has 12 heterocycles. The number of hydrogen-bond donors (Lipinski definition) is 0. The molecule has 0 aromatic rings. The number of allylic oxidation sites excluding steroid dienone is 2. The standard InChI is InChI=1S/C12H21P.C12H25P.C11H21P.C11H23P.C10H21P.C8H15P.C8H13P.2C8H17P.C7H15P/c1-2-6-11(5-1)9-10-12(13-11)7-3-4-8-12;1-5-11(6-2)9-10-12(7-3,8-4)13-11;1-10(2)8-6-5-7-9(8)11(3,4)12-10;1-10(2)8-6-5-7-9-11(3,4)12-10;1-9(2)7-5-6-8-10(3,4)11-9;2*1-7-3-5-8(2,9-7)6-4-7;1-7(2)5-6-8(3,4)9-7;1-6-7(2,3)9-8(6,4)5;1-6(2)5-7(3,4)8-6/h13H,1-10H2;13H,5-10H2,1-4H3;8-9,12H,5-7H2,1-4H3;12H,5-9H2,1-4H3;11H,5-8H2,1-4H3;9H,3-6H2,1-2H3;3,5,9H,4,6H2,1-2H3;9H,5-6H2,1-4H3;6,9H,1-5H3;8H,5H2,1-4H3. The molecule has 0 nitrogen and oxygen atoms in total. The molecule has 15 aliphatic rings. The summed E-state index contributed by atoms with van der Waals surface area (Å²) < 4.78 is 0. The van der Waals surface area contributed by atoms with Crippen molar-refractivity contribution < 1.29 is 0 Å². The molecule has 12 aliphatic heterocycles. The topological polar surface area (TPSA) is 0 Å². The molecular weight excluding hydrogens is 1450 g/mol. The van der Waals surface area contributed by atoms with E-state index in [1.165, 1.54) is 216 Å². The zero-order valence-electron chi connectivity index (χ0n) is 77.0. The van der Waals surface area contributed by atoms with E-state index in [4.69, 9.17) is 0 Å². The molecule has 11 saturated heterocycles. The minimum Gasteiger partial charge on any atom is -0.110 e. The molecular formula is C95H188P10. The third-order valence-electron chi connectivity index (χ3n) is 30.4. The van der Waals surface area contributed by atoms with Crippen LogP contribution in [0.25, 0.3) is 0 Å². The molecule has 0 amide bonds. The lowest BCUT2D eigenvalue weighted by molar-refractivity contribution is 0.314. The molecule has 105 heavy (non-hydrogen) atoms. The van der Waals surface area contributed by atoms with Gasteiger partial charge in [-0.2, -0.15) is 0 Å². The van der Waals surface area contributed by atoms with Crippen LogP contribution < -0.4 is 0 Å². The van der Waals surface area contributed by atoms with Gasteiger partial charge >= 0.3 is 0 Å². The fourth-order valence-electron chi connectivity index (χ4n) is 24.8. The molecule has 4 unspecified atom stereocenters. The van der Waals surface area contributed by atoms with Crippen molar-refractivity contribution in [1.29, 1.82) is 0 Å². The van der Waals surface area contributed by atoms with Crippen LogP contribution in [-0.4, -0.2) is 103 Å². The van der Waals surface area contributed by atoms with Gasteiger partial charge in [0.1, 0.15) is 0 Å². The molecule has 4 bridgehead atoms.